The lowest BCUT2D eigenvalue weighted by Gasteiger charge is -2.10. The molecule has 0 aliphatic carbocycles. The smallest absolute Gasteiger partial charge is 0.144 e. The third kappa shape index (κ3) is 2.04. The maximum absolute atomic E-state index is 6.41. The Morgan fingerprint density at radius 1 is 1.00 bits per heavy atom. The average molecular weight is 350 g/mol. The molecule has 0 unspecified atom stereocenters. The van der Waals surface area contributed by atoms with Gasteiger partial charge in [-0.05, 0) is 36.4 Å². The van der Waals surface area contributed by atoms with Crippen LogP contribution in [0, 0.1) is 0 Å². The van der Waals surface area contributed by atoms with Gasteiger partial charge in [-0.15, -0.1) is 11.3 Å². The molecule has 0 fully saturated rings. The molecule has 0 bridgehead atoms. The van der Waals surface area contributed by atoms with Gasteiger partial charge in [0.15, 0.2) is 0 Å². The third-order valence-corrected chi connectivity index (χ3v) is 5.63. The van der Waals surface area contributed by atoms with Crippen LogP contribution in [0.1, 0.15) is 16.3 Å². The molecule has 4 aromatic rings. The second kappa shape index (κ2) is 5.30. The van der Waals surface area contributed by atoms with E-state index in [4.69, 9.17) is 21.6 Å². The van der Waals surface area contributed by atoms with Gasteiger partial charge in [0.25, 0.3) is 0 Å². The molecule has 2 aromatic heterocycles. The van der Waals surface area contributed by atoms with E-state index in [-0.39, 0.29) is 0 Å². The highest BCUT2D eigenvalue weighted by molar-refractivity contribution is 7.20. The first-order valence-electron chi connectivity index (χ1n) is 7.67. The summed E-state index contributed by atoms with van der Waals surface area (Å²) in [5, 5.41) is 1.70. The lowest BCUT2D eigenvalue weighted by Crippen LogP contribution is -2.07. The fourth-order valence-corrected chi connectivity index (χ4v) is 4.32. The Balaban J connectivity index is 1.75. The van der Waals surface area contributed by atoms with Crippen molar-refractivity contribution in [2.24, 2.45) is 4.99 Å². The standard InChI is InChI=1S/C19H12ClN3S/c20-13-5-3-7-15-12(13)11-21-18(16-8-4-10-23(15)16)19-22-14-6-1-2-9-17(14)24-19/h1-10H,11H2. The second-order valence-corrected chi connectivity index (χ2v) is 7.09. The van der Waals surface area contributed by atoms with Crippen molar-refractivity contribution in [2.45, 2.75) is 6.54 Å². The summed E-state index contributed by atoms with van der Waals surface area (Å²) in [6, 6.07) is 18.3. The molecule has 0 saturated heterocycles. The maximum Gasteiger partial charge on any atom is 0.144 e. The van der Waals surface area contributed by atoms with Crippen LogP contribution in [-0.4, -0.2) is 15.3 Å². The number of nitrogens with zero attached hydrogens (tertiary/aromatic N) is 3. The van der Waals surface area contributed by atoms with Gasteiger partial charge in [-0.25, -0.2) is 4.98 Å². The zero-order valence-corrected chi connectivity index (χ0v) is 14.2. The van der Waals surface area contributed by atoms with Crippen LogP contribution in [0.4, 0.5) is 0 Å². The van der Waals surface area contributed by atoms with Crippen molar-refractivity contribution in [1.82, 2.24) is 9.55 Å². The molecule has 2 aromatic carbocycles. The highest BCUT2D eigenvalue weighted by atomic mass is 35.5. The normalized spacial score (nSPS) is 13.3. The Morgan fingerprint density at radius 3 is 2.83 bits per heavy atom. The summed E-state index contributed by atoms with van der Waals surface area (Å²) < 4.78 is 3.33. The number of benzene rings is 2. The fourth-order valence-electron chi connectivity index (χ4n) is 3.10. The molecule has 24 heavy (non-hydrogen) atoms. The van der Waals surface area contributed by atoms with Crippen LogP contribution in [-0.2, 0) is 6.54 Å². The van der Waals surface area contributed by atoms with E-state index in [9.17, 15) is 0 Å². The summed E-state index contributed by atoms with van der Waals surface area (Å²) in [6.45, 7) is 0.557. The van der Waals surface area contributed by atoms with E-state index in [1.807, 2.05) is 36.4 Å². The predicted octanol–water partition coefficient (Wildman–Crippen LogP) is 5.09. The molecule has 0 atom stereocenters. The Hall–Kier alpha value is -2.43. The summed E-state index contributed by atoms with van der Waals surface area (Å²) >= 11 is 8.09. The number of rotatable bonds is 1. The molecule has 5 rings (SSSR count). The van der Waals surface area contributed by atoms with Gasteiger partial charge in [0, 0.05) is 16.8 Å². The molecular weight excluding hydrogens is 338 g/mol. The number of aliphatic imine (C=N–C) groups is 1. The minimum atomic E-state index is 0.557. The molecule has 1 aliphatic heterocycles. The number of aromatic nitrogens is 2. The molecular formula is C19H12ClN3S. The monoisotopic (exact) mass is 349 g/mol. The molecule has 0 saturated carbocycles. The molecule has 116 valence electrons. The van der Waals surface area contributed by atoms with Gasteiger partial charge >= 0.3 is 0 Å². The number of hydrogen-bond acceptors (Lipinski definition) is 3. The highest BCUT2D eigenvalue weighted by Crippen LogP contribution is 2.31. The summed E-state index contributed by atoms with van der Waals surface area (Å²) in [7, 11) is 0. The number of halogens is 1. The number of thiazole rings is 1. The van der Waals surface area contributed by atoms with Crippen LogP contribution in [0.15, 0.2) is 65.8 Å². The van der Waals surface area contributed by atoms with Crippen molar-refractivity contribution in [2.75, 3.05) is 0 Å². The SMILES string of the molecule is Clc1cccc2c1CN=C(c1nc3ccccc3s1)c1cccn1-2. The van der Waals surface area contributed by atoms with Crippen molar-refractivity contribution in [3.8, 4) is 5.69 Å². The molecule has 0 N–H and O–H groups in total. The van der Waals surface area contributed by atoms with E-state index in [1.54, 1.807) is 11.3 Å². The van der Waals surface area contributed by atoms with Crippen LogP contribution in [0.25, 0.3) is 15.9 Å². The summed E-state index contributed by atoms with van der Waals surface area (Å²) in [5.41, 5.74) is 5.12. The first-order valence-corrected chi connectivity index (χ1v) is 8.86. The van der Waals surface area contributed by atoms with Crippen LogP contribution in [0.2, 0.25) is 5.02 Å². The Kier molecular flexibility index (Phi) is 3.08. The van der Waals surface area contributed by atoms with Gasteiger partial charge in [0.05, 0.1) is 28.1 Å². The minimum absolute atomic E-state index is 0.557. The van der Waals surface area contributed by atoms with Crippen LogP contribution in [0.3, 0.4) is 0 Å². The maximum atomic E-state index is 6.41. The Labute approximate surface area is 147 Å². The zero-order chi connectivity index (χ0) is 16.1. The van der Waals surface area contributed by atoms with Crippen LogP contribution >= 0.6 is 22.9 Å². The molecule has 3 heterocycles. The summed E-state index contributed by atoms with van der Waals surface area (Å²) in [5.74, 6) is 0. The van der Waals surface area contributed by atoms with E-state index >= 15 is 0 Å². The lowest BCUT2D eigenvalue weighted by atomic mass is 10.2. The van der Waals surface area contributed by atoms with Gasteiger partial charge in [0.1, 0.15) is 10.7 Å². The van der Waals surface area contributed by atoms with Crippen LogP contribution in [0.5, 0.6) is 0 Å². The number of hydrogen-bond donors (Lipinski definition) is 0. The topological polar surface area (TPSA) is 30.2 Å². The van der Waals surface area contributed by atoms with E-state index < -0.39 is 0 Å². The summed E-state index contributed by atoms with van der Waals surface area (Å²) in [6.07, 6.45) is 2.05. The fraction of sp³-hybridized carbons (Fsp3) is 0.0526. The van der Waals surface area contributed by atoms with E-state index in [1.165, 1.54) is 4.70 Å². The van der Waals surface area contributed by atoms with E-state index in [0.717, 1.165) is 38.2 Å². The molecule has 0 amide bonds. The molecule has 5 heteroatoms. The average Bonchev–Trinajstić information content (AvgIpc) is 3.20. The third-order valence-electron chi connectivity index (χ3n) is 4.24. The van der Waals surface area contributed by atoms with Gasteiger partial charge < -0.3 is 4.57 Å². The highest BCUT2D eigenvalue weighted by Gasteiger charge is 2.21. The van der Waals surface area contributed by atoms with Crippen molar-refractivity contribution in [3.05, 3.63) is 82.1 Å². The first-order chi connectivity index (χ1) is 11.8. The zero-order valence-electron chi connectivity index (χ0n) is 12.6. The van der Waals surface area contributed by atoms with Gasteiger partial charge in [0.2, 0.25) is 0 Å². The van der Waals surface area contributed by atoms with Gasteiger partial charge in [-0.3, -0.25) is 4.99 Å². The Morgan fingerprint density at radius 2 is 1.92 bits per heavy atom. The van der Waals surface area contributed by atoms with Crippen molar-refractivity contribution in [3.63, 3.8) is 0 Å². The second-order valence-electron chi connectivity index (χ2n) is 5.65. The van der Waals surface area contributed by atoms with E-state index in [0.29, 0.717) is 6.54 Å². The van der Waals surface area contributed by atoms with Crippen LogP contribution < -0.4 is 0 Å². The van der Waals surface area contributed by atoms with Gasteiger partial charge in [-0.1, -0.05) is 29.8 Å². The summed E-state index contributed by atoms with van der Waals surface area (Å²) in [4.78, 5) is 9.65. The van der Waals surface area contributed by atoms with E-state index in [2.05, 4.69) is 29.0 Å². The van der Waals surface area contributed by atoms with Crippen molar-refractivity contribution in [1.29, 1.82) is 0 Å². The largest absolute Gasteiger partial charge is 0.315 e. The molecule has 1 aliphatic rings. The number of para-hydroxylation sites is 1. The molecule has 0 spiro atoms. The van der Waals surface area contributed by atoms with Crippen molar-refractivity contribution >= 4 is 38.9 Å². The first kappa shape index (κ1) is 14.0. The molecule has 3 nitrogen and oxygen atoms in total. The van der Waals surface area contributed by atoms with Gasteiger partial charge in [-0.2, -0.15) is 0 Å². The minimum Gasteiger partial charge on any atom is -0.315 e. The van der Waals surface area contributed by atoms with Crippen molar-refractivity contribution < 1.29 is 0 Å². The Bertz CT molecular complexity index is 1070. The predicted molar refractivity (Wildman–Crippen MR) is 99.7 cm³/mol. The lowest BCUT2D eigenvalue weighted by molar-refractivity contribution is 1.02. The number of fused-ring (bicyclic) bond motifs is 4. The quantitative estimate of drug-likeness (QED) is 0.470. The molecule has 0 radical (unpaired) electrons.